The maximum Gasteiger partial charge on any atom is 0.255 e. The summed E-state index contributed by atoms with van der Waals surface area (Å²) < 4.78 is 11.1. The van der Waals surface area contributed by atoms with E-state index in [0.29, 0.717) is 31.0 Å². The summed E-state index contributed by atoms with van der Waals surface area (Å²) >= 11 is 0. The number of nitrogens with two attached hydrogens (primary N) is 1. The first kappa shape index (κ1) is 20.7. The van der Waals surface area contributed by atoms with Crippen molar-refractivity contribution in [3.05, 3.63) is 23.2 Å². The number of piperidine rings is 1. The van der Waals surface area contributed by atoms with Gasteiger partial charge in [0.15, 0.2) is 0 Å². The average Bonchev–Trinajstić information content (AvgIpc) is 3.21. The Kier molecular flexibility index (Phi) is 7.08. The van der Waals surface area contributed by atoms with Gasteiger partial charge >= 0.3 is 0 Å². The van der Waals surface area contributed by atoms with Crippen LogP contribution in [0.2, 0.25) is 0 Å². The second-order valence-electron chi connectivity index (χ2n) is 6.96. The Morgan fingerprint density at radius 1 is 1.23 bits per heavy atom. The number of ether oxygens (including phenoxy) is 1. The maximum atomic E-state index is 12.5. The number of carbonyl (C=O) groups is 2. The molecule has 26 heavy (non-hydrogen) atoms. The van der Waals surface area contributed by atoms with Gasteiger partial charge in [-0.05, 0) is 45.6 Å². The molecular formula is C18H28ClN3O4. The third-order valence-corrected chi connectivity index (χ3v) is 5.07. The van der Waals surface area contributed by atoms with Gasteiger partial charge in [-0.2, -0.15) is 0 Å². The van der Waals surface area contributed by atoms with Crippen LogP contribution in [0.15, 0.2) is 10.5 Å². The maximum absolute atomic E-state index is 12.5. The monoisotopic (exact) mass is 385 g/mol. The third-order valence-electron chi connectivity index (χ3n) is 5.07. The van der Waals surface area contributed by atoms with Gasteiger partial charge in [-0.3, -0.25) is 9.59 Å². The Labute approximate surface area is 160 Å². The first-order chi connectivity index (χ1) is 12.0. The molecule has 0 spiro atoms. The lowest BCUT2D eigenvalue weighted by Gasteiger charge is -2.33. The number of carbonyl (C=O) groups excluding carboxylic acids is 2. The zero-order valence-electron chi connectivity index (χ0n) is 15.3. The topological polar surface area (TPSA) is 97.8 Å². The van der Waals surface area contributed by atoms with Crippen LogP contribution in [-0.4, -0.2) is 54.6 Å². The van der Waals surface area contributed by atoms with Gasteiger partial charge in [0.2, 0.25) is 0 Å². The van der Waals surface area contributed by atoms with Crippen molar-refractivity contribution in [3.63, 3.8) is 0 Å². The highest BCUT2D eigenvalue weighted by Crippen LogP contribution is 2.23. The van der Waals surface area contributed by atoms with Crippen LogP contribution in [0, 0.1) is 13.8 Å². The van der Waals surface area contributed by atoms with Gasteiger partial charge in [-0.1, -0.05) is 0 Å². The normalized spacial score (nSPS) is 23.6. The molecule has 2 aliphatic rings. The van der Waals surface area contributed by atoms with Crippen LogP contribution in [0.1, 0.15) is 47.6 Å². The van der Waals surface area contributed by atoms with E-state index in [-0.39, 0.29) is 42.5 Å². The lowest BCUT2D eigenvalue weighted by atomic mass is 10.0. The fourth-order valence-corrected chi connectivity index (χ4v) is 3.63. The molecule has 1 aromatic heterocycles. The van der Waals surface area contributed by atoms with Crippen LogP contribution >= 0.6 is 12.4 Å². The number of hydrogen-bond donors (Lipinski definition) is 2. The van der Waals surface area contributed by atoms with Crippen molar-refractivity contribution >= 4 is 24.2 Å². The van der Waals surface area contributed by atoms with Crippen molar-refractivity contribution in [2.75, 3.05) is 19.6 Å². The molecule has 1 aromatic rings. The molecule has 0 aromatic carbocycles. The molecule has 2 amide bonds. The molecule has 146 valence electrons. The molecule has 3 N–H and O–H groups in total. The standard InChI is InChI=1S/C18H27N3O4.ClH/c1-11-9-15(12(2)24-11)17(22)20-13-5-7-21(8-6-13)18(23)16-4-3-14(10-19)25-16;/h9,13-14,16H,3-8,10,19H2,1-2H3,(H,20,22);1H/t14-,16+;/m1./s1. The van der Waals surface area contributed by atoms with E-state index in [9.17, 15) is 9.59 Å². The van der Waals surface area contributed by atoms with Crippen molar-refractivity contribution in [1.29, 1.82) is 0 Å². The van der Waals surface area contributed by atoms with E-state index >= 15 is 0 Å². The van der Waals surface area contributed by atoms with Gasteiger partial charge in [-0.25, -0.2) is 0 Å². The average molecular weight is 386 g/mol. The Morgan fingerprint density at radius 2 is 1.92 bits per heavy atom. The van der Waals surface area contributed by atoms with Crippen molar-refractivity contribution in [3.8, 4) is 0 Å². The highest BCUT2D eigenvalue weighted by molar-refractivity contribution is 5.95. The Hall–Kier alpha value is -1.57. The largest absolute Gasteiger partial charge is 0.466 e. The Balaban J connectivity index is 0.00000243. The molecule has 2 fully saturated rings. The molecule has 3 rings (SSSR count). The molecule has 7 nitrogen and oxygen atoms in total. The number of likely N-dealkylation sites (tertiary alicyclic amines) is 1. The van der Waals surface area contributed by atoms with Crippen molar-refractivity contribution < 1.29 is 18.7 Å². The highest BCUT2D eigenvalue weighted by Gasteiger charge is 2.34. The van der Waals surface area contributed by atoms with Crippen molar-refractivity contribution in [1.82, 2.24) is 10.2 Å². The van der Waals surface area contributed by atoms with E-state index in [1.54, 1.807) is 13.0 Å². The predicted molar refractivity (Wildman–Crippen MR) is 99.4 cm³/mol. The van der Waals surface area contributed by atoms with Crippen molar-refractivity contribution in [2.45, 2.75) is 57.8 Å². The lowest BCUT2D eigenvalue weighted by Crippen LogP contribution is -2.49. The summed E-state index contributed by atoms with van der Waals surface area (Å²) in [6.45, 7) is 5.36. The fraction of sp³-hybridized carbons (Fsp3) is 0.667. The molecule has 8 heteroatoms. The minimum atomic E-state index is -0.351. The number of halogens is 1. The molecule has 2 aliphatic heterocycles. The van der Waals surface area contributed by atoms with Gasteiger partial charge in [0.25, 0.3) is 11.8 Å². The number of rotatable bonds is 4. The van der Waals surface area contributed by atoms with Gasteiger partial charge in [0, 0.05) is 25.7 Å². The minimum absolute atomic E-state index is 0. The number of amides is 2. The van der Waals surface area contributed by atoms with E-state index in [0.717, 1.165) is 31.4 Å². The number of aryl methyl sites for hydroxylation is 2. The van der Waals surface area contributed by atoms with Crippen molar-refractivity contribution in [2.24, 2.45) is 5.73 Å². The smallest absolute Gasteiger partial charge is 0.255 e. The number of hydrogen-bond acceptors (Lipinski definition) is 5. The quantitative estimate of drug-likeness (QED) is 0.819. The first-order valence-electron chi connectivity index (χ1n) is 9.00. The van der Waals surface area contributed by atoms with Gasteiger partial charge in [-0.15, -0.1) is 12.4 Å². The molecule has 2 atom stereocenters. The summed E-state index contributed by atoms with van der Waals surface area (Å²) in [5.41, 5.74) is 6.19. The summed E-state index contributed by atoms with van der Waals surface area (Å²) in [7, 11) is 0. The molecule has 0 aliphatic carbocycles. The van der Waals surface area contributed by atoms with E-state index in [2.05, 4.69) is 5.32 Å². The van der Waals surface area contributed by atoms with E-state index < -0.39 is 0 Å². The SMILES string of the molecule is Cc1cc(C(=O)NC2CCN(C(=O)[C@@H]3CC[C@H](CN)O3)CC2)c(C)o1.Cl. The third kappa shape index (κ3) is 4.58. The molecule has 0 unspecified atom stereocenters. The summed E-state index contributed by atoms with van der Waals surface area (Å²) in [5, 5.41) is 3.05. The summed E-state index contributed by atoms with van der Waals surface area (Å²) in [5.74, 6) is 1.32. The van der Waals surface area contributed by atoms with E-state index in [4.69, 9.17) is 14.9 Å². The second kappa shape index (κ2) is 8.88. The number of furan rings is 1. The van der Waals surface area contributed by atoms with Gasteiger partial charge in [0.1, 0.15) is 17.6 Å². The molecule has 0 saturated carbocycles. The molecule has 3 heterocycles. The van der Waals surface area contributed by atoms with Gasteiger partial charge in [0.05, 0.1) is 11.7 Å². The highest BCUT2D eigenvalue weighted by atomic mass is 35.5. The summed E-state index contributed by atoms with van der Waals surface area (Å²) in [4.78, 5) is 26.7. The van der Waals surface area contributed by atoms with Crippen LogP contribution in [-0.2, 0) is 9.53 Å². The Bertz CT molecular complexity index is 640. The number of nitrogens with zero attached hydrogens (tertiary/aromatic N) is 1. The molecule has 0 bridgehead atoms. The van der Waals surface area contributed by atoms with E-state index in [1.165, 1.54) is 0 Å². The zero-order valence-corrected chi connectivity index (χ0v) is 16.1. The zero-order chi connectivity index (χ0) is 18.0. The molecular weight excluding hydrogens is 358 g/mol. The second-order valence-corrected chi connectivity index (χ2v) is 6.96. The fourth-order valence-electron chi connectivity index (χ4n) is 3.63. The first-order valence-corrected chi connectivity index (χ1v) is 9.00. The van der Waals surface area contributed by atoms with Crippen LogP contribution < -0.4 is 11.1 Å². The Morgan fingerprint density at radius 3 is 2.46 bits per heavy atom. The van der Waals surface area contributed by atoms with Crippen LogP contribution in [0.25, 0.3) is 0 Å². The predicted octanol–water partition coefficient (Wildman–Crippen LogP) is 1.55. The lowest BCUT2D eigenvalue weighted by molar-refractivity contribution is -0.143. The summed E-state index contributed by atoms with van der Waals surface area (Å²) in [6, 6.07) is 1.83. The summed E-state index contributed by atoms with van der Waals surface area (Å²) in [6.07, 6.45) is 2.75. The van der Waals surface area contributed by atoms with Crippen LogP contribution in [0.4, 0.5) is 0 Å². The molecule has 0 radical (unpaired) electrons. The molecule has 2 saturated heterocycles. The van der Waals surface area contributed by atoms with Crippen LogP contribution in [0.5, 0.6) is 0 Å². The van der Waals surface area contributed by atoms with Crippen LogP contribution in [0.3, 0.4) is 0 Å². The number of nitrogens with one attached hydrogen (secondary N) is 1. The minimum Gasteiger partial charge on any atom is -0.466 e. The van der Waals surface area contributed by atoms with E-state index in [1.807, 2.05) is 11.8 Å². The van der Waals surface area contributed by atoms with Gasteiger partial charge < -0.3 is 25.1 Å².